The van der Waals surface area contributed by atoms with Crippen LogP contribution in [0.2, 0.25) is 0 Å². The van der Waals surface area contributed by atoms with Crippen LogP contribution in [0.3, 0.4) is 0 Å². The van der Waals surface area contributed by atoms with Crippen LogP contribution >= 0.6 is 0 Å². The number of amides is 1. The van der Waals surface area contributed by atoms with E-state index in [1.807, 2.05) is 0 Å². The van der Waals surface area contributed by atoms with E-state index in [2.05, 4.69) is 10.2 Å². The molecule has 1 atom stereocenters. The molecule has 1 saturated heterocycles. The molecular weight excluding hydrogens is 321 g/mol. The zero-order chi connectivity index (χ0) is 17.7. The number of hydrogen-bond acceptors (Lipinski definition) is 3. The molecule has 0 bridgehead atoms. The highest BCUT2D eigenvalue weighted by Crippen LogP contribution is 2.30. The van der Waals surface area contributed by atoms with E-state index in [0.29, 0.717) is 25.2 Å². The first-order valence-corrected chi connectivity index (χ1v) is 7.95. The predicted molar refractivity (Wildman–Crippen MR) is 83.6 cm³/mol. The molecule has 1 N–H and O–H groups in total. The number of nitrogens with zero attached hydrogens (tertiary/aromatic N) is 1. The summed E-state index contributed by atoms with van der Waals surface area (Å²) in [6.07, 6.45) is -2.81. The van der Waals surface area contributed by atoms with Crippen LogP contribution in [-0.2, 0) is 11.0 Å². The van der Waals surface area contributed by atoms with Gasteiger partial charge in [-0.2, -0.15) is 13.2 Å². The Bertz CT molecular complexity index is 584. The zero-order valence-electron chi connectivity index (χ0n) is 13.5. The summed E-state index contributed by atoms with van der Waals surface area (Å²) >= 11 is 0. The summed E-state index contributed by atoms with van der Waals surface area (Å²) in [5.41, 5.74) is -0.434. The van der Waals surface area contributed by atoms with Crippen LogP contribution < -0.4 is 5.32 Å². The number of hydrogen-bond donors (Lipinski definition) is 1. The molecule has 1 aliphatic rings. The van der Waals surface area contributed by atoms with E-state index >= 15 is 0 Å². The summed E-state index contributed by atoms with van der Waals surface area (Å²) in [6, 6.07) is 4.40. The third-order valence-electron chi connectivity index (χ3n) is 4.18. The number of likely N-dealkylation sites (tertiary alicyclic amines) is 1. The minimum absolute atomic E-state index is 0.0932. The summed E-state index contributed by atoms with van der Waals surface area (Å²) in [5.74, 6) is -0.426. The van der Waals surface area contributed by atoms with E-state index < -0.39 is 11.7 Å². The number of nitrogens with one attached hydrogen (secondary N) is 1. The molecular formula is C17H21F3N2O2. The summed E-state index contributed by atoms with van der Waals surface area (Å²) in [5, 5.41) is 2.72. The van der Waals surface area contributed by atoms with Gasteiger partial charge in [-0.05, 0) is 31.5 Å². The van der Waals surface area contributed by atoms with Gasteiger partial charge in [0.2, 0.25) is 5.91 Å². The second kappa shape index (κ2) is 7.79. The fourth-order valence-corrected chi connectivity index (χ4v) is 2.92. The minimum Gasteiger partial charge on any atom is -0.355 e. The molecule has 1 aromatic rings. The first-order chi connectivity index (χ1) is 11.3. The van der Waals surface area contributed by atoms with E-state index in [-0.39, 0.29) is 17.6 Å². The molecule has 1 fully saturated rings. The first-order valence-electron chi connectivity index (χ1n) is 7.95. The number of benzene rings is 1. The van der Waals surface area contributed by atoms with Crippen molar-refractivity contribution in [3.63, 3.8) is 0 Å². The Morgan fingerprint density at radius 1 is 1.25 bits per heavy atom. The average Bonchev–Trinajstić information content (AvgIpc) is 2.53. The molecule has 4 nitrogen and oxygen atoms in total. The number of rotatable bonds is 5. The Labute approximate surface area is 139 Å². The Kier molecular flexibility index (Phi) is 5.99. The molecule has 24 heavy (non-hydrogen) atoms. The predicted octanol–water partition coefficient (Wildman–Crippen LogP) is 2.74. The van der Waals surface area contributed by atoms with Crippen LogP contribution in [0.25, 0.3) is 0 Å². The fraction of sp³-hybridized carbons (Fsp3) is 0.529. The van der Waals surface area contributed by atoms with E-state index in [1.54, 1.807) is 0 Å². The van der Waals surface area contributed by atoms with Gasteiger partial charge in [0.25, 0.3) is 0 Å². The molecule has 1 unspecified atom stereocenters. The van der Waals surface area contributed by atoms with E-state index in [0.717, 1.165) is 31.5 Å². The van der Waals surface area contributed by atoms with Crippen LogP contribution in [0.15, 0.2) is 24.3 Å². The van der Waals surface area contributed by atoms with Crippen molar-refractivity contribution in [1.29, 1.82) is 0 Å². The summed E-state index contributed by atoms with van der Waals surface area (Å²) in [7, 11) is 0. The molecule has 132 valence electrons. The van der Waals surface area contributed by atoms with Crippen molar-refractivity contribution < 1.29 is 22.8 Å². The molecule has 2 rings (SSSR count). The van der Waals surface area contributed by atoms with Crippen LogP contribution in [0.1, 0.15) is 35.7 Å². The van der Waals surface area contributed by atoms with E-state index in [4.69, 9.17) is 0 Å². The van der Waals surface area contributed by atoms with Gasteiger partial charge in [-0.15, -0.1) is 0 Å². The minimum atomic E-state index is -4.40. The van der Waals surface area contributed by atoms with Gasteiger partial charge in [0, 0.05) is 38.0 Å². The van der Waals surface area contributed by atoms with Gasteiger partial charge in [0.15, 0.2) is 5.78 Å². The van der Waals surface area contributed by atoms with Crippen molar-refractivity contribution >= 4 is 11.7 Å². The van der Waals surface area contributed by atoms with Gasteiger partial charge < -0.3 is 10.2 Å². The highest BCUT2D eigenvalue weighted by Gasteiger charge is 2.31. The number of carbonyl (C=O) groups excluding carboxylic acids is 2. The Hall–Kier alpha value is -1.89. The Balaban J connectivity index is 1.95. The Morgan fingerprint density at radius 2 is 1.92 bits per heavy atom. The lowest BCUT2D eigenvalue weighted by molar-refractivity contribution is -0.137. The number of piperidine rings is 1. The van der Waals surface area contributed by atoms with Crippen molar-refractivity contribution in [2.45, 2.75) is 25.9 Å². The zero-order valence-corrected chi connectivity index (χ0v) is 13.5. The third kappa shape index (κ3) is 5.06. The second-order valence-corrected chi connectivity index (χ2v) is 6.06. The van der Waals surface area contributed by atoms with Crippen molar-refractivity contribution in [2.24, 2.45) is 5.92 Å². The summed E-state index contributed by atoms with van der Waals surface area (Å²) in [4.78, 5) is 25.5. The highest BCUT2D eigenvalue weighted by atomic mass is 19.4. The normalized spacial score (nSPS) is 19.1. The van der Waals surface area contributed by atoms with Gasteiger partial charge >= 0.3 is 6.18 Å². The quantitative estimate of drug-likeness (QED) is 0.837. The lowest BCUT2D eigenvalue weighted by atomic mass is 9.89. The van der Waals surface area contributed by atoms with Crippen molar-refractivity contribution in [3.8, 4) is 0 Å². The molecule has 0 aliphatic carbocycles. The van der Waals surface area contributed by atoms with Gasteiger partial charge in [0.1, 0.15) is 0 Å². The lowest BCUT2D eigenvalue weighted by Crippen LogP contribution is -2.42. The number of ketones is 1. The van der Waals surface area contributed by atoms with Gasteiger partial charge in [-0.1, -0.05) is 12.1 Å². The Morgan fingerprint density at radius 3 is 2.50 bits per heavy atom. The smallest absolute Gasteiger partial charge is 0.355 e. The maximum atomic E-state index is 12.6. The van der Waals surface area contributed by atoms with Crippen molar-refractivity contribution in [2.75, 3.05) is 26.2 Å². The van der Waals surface area contributed by atoms with Crippen LogP contribution in [-0.4, -0.2) is 42.8 Å². The third-order valence-corrected chi connectivity index (χ3v) is 4.18. The molecule has 0 spiro atoms. The SMILES string of the molecule is CC(=O)NCCN1CCCC(C(=O)c2ccc(C(F)(F)F)cc2)C1. The van der Waals surface area contributed by atoms with Gasteiger partial charge in [0.05, 0.1) is 5.56 Å². The molecule has 1 amide bonds. The molecule has 0 saturated carbocycles. The van der Waals surface area contributed by atoms with Crippen molar-refractivity contribution in [1.82, 2.24) is 10.2 Å². The van der Waals surface area contributed by atoms with Gasteiger partial charge in [-0.25, -0.2) is 0 Å². The van der Waals surface area contributed by atoms with E-state index in [1.165, 1.54) is 19.1 Å². The molecule has 1 aliphatic heterocycles. The van der Waals surface area contributed by atoms with Crippen LogP contribution in [0.5, 0.6) is 0 Å². The fourth-order valence-electron chi connectivity index (χ4n) is 2.92. The molecule has 7 heteroatoms. The molecule has 0 radical (unpaired) electrons. The first kappa shape index (κ1) is 18.4. The largest absolute Gasteiger partial charge is 0.416 e. The van der Waals surface area contributed by atoms with Crippen LogP contribution in [0, 0.1) is 5.92 Å². The van der Waals surface area contributed by atoms with E-state index in [9.17, 15) is 22.8 Å². The number of alkyl halides is 3. The van der Waals surface area contributed by atoms with Crippen molar-refractivity contribution in [3.05, 3.63) is 35.4 Å². The monoisotopic (exact) mass is 342 g/mol. The number of Topliss-reactive ketones (excluding diaryl/α,β-unsaturated/α-hetero) is 1. The summed E-state index contributed by atoms with van der Waals surface area (Å²) < 4.78 is 37.7. The average molecular weight is 342 g/mol. The lowest BCUT2D eigenvalue weighted by Gasteiger charge is -2.32. The molecule has 1 heterocycles. The topological polar surface area (TPSA) is 49.4 Å². The highest BCUT2D eigenvalue weighted by molar-refractivity contribution is 5.98. The summed E-state index contributed by atoms with van der Waals surface area (Å²) in [6.45, 7) is 4.07. The maximum Gasteiger partial charge on any atom is 0.416 e. The molecule has 1 aromatic carbocycles. The number of halogens is 3. The van der Waals surface area contributed by atoms with Gasteiger partial charge in [-0.3, -0.25) is 9.59 Å². The maximum absolute atomic E-state index is 12.6. The second-order valence-electron chi connectivity index (χ2n) is 6.06. The standard InChI is InChI=1S/C17H21F3N2O2/c1-12(23)21-8-10-22-9-2-3-14(11-22)16(24)13-4-6-15(7-5-13)17(18,19)20/h4-7,14H,2-3,8-11H2,1H3,(H,21,23). The number of carbonyl (C=O) groups is 2. The van der Waals surface area contributed by atoms with Crippen LogP contribution in [0.4, 0.5) is 13.2 Å². The molecule has 0 aromatic heterocycles.